The van der Waals surface area contributed by atoms with Gasteiger partial charge in [0, 0.05) is 8.59 Å². The van der Waals surface area contributed by atoms with Crippen LogP contribution in [0.15, 0.2) is 65.6 Å². The molecule has 0 bridgehead atoms. The fraction of sp³-hybridized carbons (Fsp3) is 0.0435. The molecule has 2 amide bonds. The summed E-state index contributed by atoms with van der Waals surface area (Å²) in [6.07, 6.45) is 1.74. The molecule has 0 saturated carbocycles. The Bertz CT molecular complexity index is 1210. The van der Waals surface area contributed by atoms with E-state index in [0.717, 1.165) is 35.8 Å². The first-order valence-electron chi connectivity index (χ1n) is 9.21. The van der Waals surface area contributed by atoms with Gasteiger partial charge in [-0.15, -0.1) is 0 Å². The van der Waals surface area contributed by atoms with Crippen molar-refractivity contribution in [3.63, 3.8) is 0 Å². The summed E-state index contributed by atoms with van der Waals surface area (Å²) in [5.41, 5.74) is 2.43. The van der Waals surface area contributed by atoms with Gasteiger partial charge in [-0.05, 0) is 145 Å². The van der Waals surface area contributed by atoms with Crippen LogP contribution >= 0.6 is 91.1 Å². The van der Waals surface area contributed by atoms with Gasteiger partial charge in [-0.25, -0.2) is 4.90 Å². The molecule has 4 nitrogen and oxygen atoms in total. The topological polar surface area (TPSA) is 46.6 Å². The molecule has 9 heteroatoms. The summed E-state index contributed by atoms with van der Waals surface area (Å²) < 4.78 is 9.11. The molecule has 1 aliphatic heterocycles. The Balaban J connectivity index is 1.54. The lowest BCUT2D eigenvalue weighted by Crippen LogP contribution is -2.27. The average molecular weight is 800 g/mol. The number of ether oxygens (including phenoxy) is 1. The van der Waals surface area contributed by atoms with Crippen molar-refractivity contribution in [1.82, 2.24) is 0 Å². The van der Waals surface area contributed by atoms with Crippen LogP contribution in [0.1, 0.15) is 11.1 Å². The zero-order chi connectivity index (χ0) is 22.8. The average Bonchev–Trinajstić information content (AvgIpc) is 3.02. The Morgan fingerprint density at radius 3 is 2.19 bits per heavy atom. The van der Waals surface area contributed by atoms with Crippen molar-refractivity contribution in [2.45, 2.75) is 6.61 Å². The third-order valence-corrected chi connectivity index (χ3v) is 7.94. The van der Waals surface area contributed by atoms with Gasteiger partial charge in [-0.3, -0.25) is 9.59 Å². The summed E-state index contributed by atoms with van der Waals surface area (Å²) in [5.74, 6) is 0.461. The van der Waals surface area contributed by atoms with E-state index in [1.165, 1.54) is 8.47 Å². The van der Waals surface area contributed by atoms with E-state index < -0.39 is 0 Å². The number of hydrogen-bond donors (Lipinski definition) is 0. The molecule has 1 fully saturated rings. The second-order valence-electron chi connectivity index (χ2n) is 6.72. The van der Waals surface area contributed by atoms with Crippen molar-refractivity contribution in [3.8, 4) is 5.75 Å². The fourth-order valence-electron chi connectivity index (χ4n) is 2.97. The molecule has 1 aliphatic rings. The Morgan fingerprint density at radius 2 is 1.56 bits per heavy atom. The van der Waals surface area contributed by atoms with Crippen molar-refractivity contribution >= 4 is 114 Å². The van der Waals surface area contributed by atoms with Crippen molar-refractivity contribution in [2.24, 2.45) is 0 Å². The van der Waals surface area contributed by atoms with Crippen LogP contribution in [-0.4, -0.2) is 11.1 Å². The van der Waals surface area contributed by atoms with Crippen LogP contribution in [0.3, 0.4) is 0 Å². The largest absolute Gasteiger partial charge is 0.487 e. The van der Waals surface area contributed by atoms with Gasteiger partial charge in [0.05, 0.1) is 17.7 Å². The van der Waals surface area contributed by atoms with Gasteiger partial charge >= 0.3 is 0 Å². The number of halogens is 4. The lowest BCUT2D eigenvalue weighted by Gasteiger charge is -2.12. The Labute approximate surface area is 235 Å². The van der Waals surface area contributed by atoms with Crippen molar-refractivity contribution in [2.75, 3.05) is 4.90 Å². The van der Waals surface area contributed by atoms with Crippen LogP contribution in [0, 0.1) is 10.7 Å². The molecular weight excluding hydrogens is 786 g/mol. The Kier molecular flexibility index (Phi) is 8.06. The quantitative estimate of drug-likeness (QED) is 0.194. The van der Waals surface area contributed by atoms with Crippen LogP contribution in [0.4, 0.5) is 10.5 Å². The molecule has 162 valence electrons. The van der Waals surface area contributed by atoms with Crippen molar-refractivity contribution < 1.29 is 14.3 Å². The van der Waals surface area contributed by atoms with Gasteiger partial charge in [0.15, 0.2) is 0 Å². The maximum atomic E-state index is 12.9. The smallest absolute Gasteiger partial charge is 0.298 e. The van der Waals surface area contributed by atoms with Gasteiger partial charge in [-0.2, -0.15) is 0 Å². The Morgan fingerprint density at radius 1 is 0.938 bits per heavy atom. The summed E-state index contributed by atoms with van der Waals surface area (Å²) in [6.45, 7) is 0.474. The third-order valence-electron chi connectivity index (χ3n) is 4.49. The van der Waals surface area contributed by atoms with Crippen LogP contribution in [0.2, 0.25) is 5.02 Å². The molecule has 0 atom stereocenters. The maximum Gasteiger partial charge on any atom is 0.298 e. The first-order chi connectivity index (χ1) is 15.3. The zero-order valence-electron chi connectivity index (χ0n) is 16.2. The van der Waals surface area contributed by atoms with Gasteiger partial charge in [0.1, 0.15) is 12.4 Å². The minimum absolute atomic E-state index is 0.328. The summed E-state index contributed by atoms with van der Waals surface area (Å²) in [7, 11) is 0. The SMILES string of the molecule is O=C1S/C(=C/c2cc(I)c(OCc3ccc(I)cc3)c(I)c2)C(=O)N1c1ccc(Cl)cc1. The summed E-state index contributed by atoms with van der Waals surface area (Å²) in [5, 5.41) is 0.218. The number of thioether (sulfide) groups is 1. The van der Waals surface area contributed by atoms with E-state index in [4.69, 9.17) is 16.3 Å². The second-order valence-corrected chi connectivity index (χ2v) is 11.7. The van der Waals surface area contributed by atoms with Gasteiger partial charge < -0.3 is 4.74 Å². The molecule has 0 aliphatic carbocycles. The third kappa shape index (κ3) is 5.62. The number of hydrogen-bond acceptors (Lipinski definition) is 4. The highest BCUT2D eigenvalue weighted by Gasteiger charge is 2.36. The van der Waals surface area contributed by atoms with Gasteiger partial charge in [0.25, 0.3) is 11.1 Å². The summed E-state index contributed by atoms with van der Waals surface area (Å²) in [6, 6.07) is 18.7. The maximum absolute atomic E-state index is 12.9. The van der Waals surface area contributed by atoms with E-state index in [1.807, 2.05) is 24.3 Å². The first-order valence-corrected chi connectivity index (χ1v) is 13.6. The zero-order valence-corrected chi connectivity index (χ0v) is 24.2. The van der Waals surface area contributed by atoms with Gasteiger partial charge in [0.2, 0.25) is 0 Å². The van der Waals surface area contributed by atoms with Crippen molar-refractivity contribution in [1.29, 1.82) is 0 Å². The summed E-state index contributed by atoms with van der Waals surface area (Å²) >= 11 is 13.6. The monoisotopic (exact) mass is 799 g/mol. The number of rotatable bonds is 5. The van der Waals surface area contributed by atoms with E-state index in [0.29, 0.717) is 22.2 Å². The standard InChI is InChI=1S/C23H13ClI3NO3S/c24-15-3-7-17(8-4-15)28-22(29)20(32-23(28)30)11-14-9-18(26)21(19(27)10-14)31-12-13-1-5-16(25)6-2-13/h1-11H,12H2/b20-11+. The highest BCUT2D eigenvalue weighted by Crippen LogP contribution is 2.37. The normalized spacial score (nSPS) is 15.0. The second kappa shape index (κ2) is 10.6. The number of carbonyl (C=O) groups is 2. The van der Waals surface area contributed by atoms with E-state index in [9.17, 15) is 9.59 Å². The van der Waals surface area contributed by atoms with Crippen LogP contribution < -0.4 is 9.64 Å². The molecule has 0 spiro atoms. The molecule has 1 saturated heterocycles. The van der Waals surface area contributed by atoms with Crippen LogP contribution in [0.5, 0.6) is 5.75 Å². The molecule has 0 radical (unpaired) electrons. The highest BCUT2D eigenvalue weighted by molar-refractivity contribution is 14.1. The number of anilines is 1. The molecule has 3 aromatic rings. The molecule has 4 rings (SSSR count). The molecule has 0 N–H and O–H groups in total. The van der Waals surface area contributed by atoms with E-state index in [-0.39, 0.29) is 11.1 Å². The summed E-state index contributed by atoms with van der Waals surface area (Å²) in [4.78, 5) is 26.9. The number of carbonyl (C=O) groups excluding carboxylic acids is 2. The number of imide groups is 1. The van der Waals surface area contributed by atoms with E-state index in [1.54, 1.807) is 30.3 Å². The molecule has 32 heavy (non-hydrogen) atoms. The minimum atomic E-state index is -0.341. The number of benzene rings is 3. The lowest BCUT2D eigenvalue weighted by atomic mass is 10.2. The Hall–Kier alpha value is -0.830. The lowest BCUT2D eigenvalue weighted by molar-refractivity contribution is -0.113. The van der Waals surface area contributed by atoms with E-state index in [2.05, 4.69) is 79.9 Å². The van der Waals surface area contributed by atoms with E-state index >= 15 is 0 Å². The highest BCUT2D eigenvalue weighted by atomic mass is 127. The van der Waals surface area contributed by atoms with Crippen LogP contribution in [0.25, 0.3) is 6.08 Å². The predicted octanol–water partition coefficient (Wildman–Crippen LogP) is 7.97. The molecule has 1 heterocycles. The number of nitrogens with zero attached hydrogens (tertiary/aromatic N) is 1. The minimum Gasteiger partial charge on any atom is -0.487 e. The molecular formula is C23H13ClI3NO3S. The van der Waals surface area contributed by atoms with Crippen LogP contribution in [-0.2, 0) is 11.4 Å². The van der Waals surface area contributed by atoms with Crippen molar-refractivity contribution in [3.05, 3.63) is 92.4 Å². The molecule has 0 aromatic heterocycles. The molecule has 0 unspecified atom stereocenters. The first kappa shape index (κ1) is 24.3. The predicted molar refractivity (Wildman–Crippen MR) is 155 cm³/mol. The van der Waals surface area contributed by atoms with Gasteiger partial charge in [-0.1, -0.05) is 23.7 Å². The number of amides is 2. The molecule has 3 aromatic carbocycles. The fourth-order valence-corrected chi connectivity index (χ4v) is 6.42.